The second kappa shape index (κ2) is 5.19. The van der Waals surface area contributed by atoms with Gasteiger partial charge in [0, 0.05) is 19.0 Å². The lowest BCUT2D eigenvalue weighted by Crippen LogP contribution is -2.27. The van der Waals surface area contributed by atoms with Crippen molar-refractivity contribution in [2.45, 2.75) is 31.7 Å². The quantitative estimate of drug-likeness (QED) is 0.605. The maximum atomic E-state index is 10.2. The van der Waals surface area contributed by atoms with Crippen LogP contribution in [-0.4, -0.2) is 41.7 Å². The van der Waals surface area contributed by atoms with E-state index in [9.17, 15) is 4.79 Å². The molecule has 0 saturated carbocycles. The van der Waals surface area contributed by atoms with Crippen LogP contribution in [-0.2, 0) is 4.79 Å². The van der Waals surface area contributed by atoms with Gasteiger partial charge in [-0.25, -0.2) is 0 Å². The highest BCUT2D eigenvalue weighted by atomic mass is 16.4. The third-order valence-corrected chi connectivity index (χ3v) is 2.42. The van der Waals surface area contributed by atoms with Crippen molar-refractivity contribution in [1.82, 2.24) is 4.90 Å². The number of likely N-dealkylation sites (tertiary alicyclic amines) is 1. The first-order chi connectivity index (χ1) is 6.18. The number of carboxylic acid groups (broad SMARTS) is 1. The van der Waals surface area contributed by atoms with E-state index >= 15 is 0 Å². The molecule has 1 saturated heterocycles. The van der Waals surface area contributed by atoms with Crippen LogP contribution in [0.15, 0.2) is 0 Å². The molecule has 0 aromatic rings. The van der Waals surface area contributed by atoms with Crippen LogP contribution < -0.4 is 5.73 Å². The predicted molar refractivity (Wildman–Crippen MR) is 50.5 cm³/mol. The molecule has 1 atom stereocenters. The molecule has 1 heterocycles. The van der Waals surface area contributed by atoms with Gasteiger partial charge in [-0.3, -0.25) is 4.79 Å². The summed E-state index contributed by atoms with van der Waals surface area (Å²) in [4.78, 5) is 12.5. The van der Waals surface area contributed by atoms with Crippen LogP contribution in [0.4, 0.5) is 0 Å². The highest BCUT2D eigenvalue weighted by molar-refractivity contribution is 5.66. The molecule has 1 rings (SSSR count). The van der Waals surface area contributed by atoms with Gasteiger partial charge in [-0.1, -0.05) is 0 Å². The summed E-state index contributed by atoms with van der Waals surface area (Å²) in [6.45, 7) is 3.06. The van der Waals surface area contributed by atoms with Gasteiger partial charge in [0.25, 0.3) is 0 Å². The summed E-state index contributed by atoms with van der Waals surface area (Å²) in [5.74, 6) is -0.696. The average Bonchev–Trinajstić information content (AvgIpc) is 2.45. The molecule has 0 aromatic carbocycles. The Morgan fingerprint density at radius 3 is 2.85 bits per heavy atom. The highest BCUT2D eigenvalue weighted by Gasteiger charge is 2.17. The number of rotatable bonds is 5. The van der Waals surface area contributed by atoms with Gasteiger partial charge < -0.3 is 15.7 Å². The minimum Gasteiger partial charge on any atom is -0.481 e. The van der Waals surface area contributed by atoms with Gasteiger partial charge in [0.1, 0.15) is 0 Å². The standard InChI is InChI=1S/C9H18N2O2/c10-8-4-6-11(7-8)5-2-1-3-9(12)13/h8H,1-7,10H2,(H,12,13). The van der Waals surface area contributed by atoms with E-state index in [4.69, 9.17) is 10.8 Å². The van der Waals surface area contributed by atoms with E-state index in [1.165, 1.54) is 0 Å². The molecule has 0 aliphatic carbocycles. The van der Waals surface area contributed by atoms with Crippen molar-refractivity contribution in [1.29, 1.82) is 0 Å². The van der Waals surface area contributed by atoms with Crippen molar-refractivity contribution < 1.29 is 9.90 Å². The number of carbonyl (C=O) groups is 1. The Morgan fingerprint density at radius 1 is 1.54 bits per heavy atom. The van der Waals surface area contributed by atoms with Gasteiger partial charge in [0.2, 0.25) is 0 Å². The van der Waals surface area contributed by atoms with Gasteiger partial charge in [0.05, 0.1) is 0 Å². The molecule has 3 N–H and O–H groups in total. The molecule has 76 valence electrons. The predicted octanol–water partition coefficient (Wildman–Crippen LogP) is 0.274. The highest BCUT2D eigenvalue weighted by Crippen LogP contribution is 2.08. The van der Waals surface area contributed by atoms with E-state index in [1.54, 1.807) is 0 Å². The number of aliphatic carboxylic acids is 1. The second-order valence-corrected chi connectivity index (χ2v) is 3.70. The minimum absolute atomic E-state index is 0.292. The molecule has 1 unspecified atom stereocenters. The number of nitrogens with zero attached hydrogens (tertiary/aromatic N) is 1. The fraction of sp³-hybridized carbons (Fsp3) is 0.889. The zero-order valence-electron chi connectivity index (χ0n) is 7.91. The number of hydrogen-bond donors (Lipinski definition) is 2. The first kappa shape index (κ1) is 10.5. The summed E-state index contributed by atoms with van der Waals surface area (Å²) >= 11 is 0. The second-order valence-electron chi connectivity index (χ2n) is 3.70. The van der Waals surface area contributed by atoms with Gasteiger partial charge >= 0.3 is 5.97 Å². The lowest BCUT2D eigenvalue weighted by molar-refractivity contribution is -0.137. The SMILES string of the molecule is NC1CCN(CCCCC(=O)O)C1. The first-order valence-corrected chi connectivity index (χ1v) is 4.88. The van der Waals surface area contributed by atoms with Crippen LogP contribution in [0.2, 0.25) is 0 Å². The van der Waals surface area contributed by atoms with Gasteiger partial charge in [-0.15, -0.1) is 0 Å². The lowest BCUT2D eigenvalue weighted by atomic mass is 10.2. The molecule has 1 aliphatic rings. The van der Waals surface area contributed by atoms with Crippen LogP contribution in [0.1, 0.15) is 25.7 Å². The summed E-state index contributed by atoms with van der Waals surface area (Å²) in [5.41, 5.74) is 5.74. The summed E-state index contributed by atoms with van der Waals surface area (Å²) < 4.78 is 0. The van der Waals surface area contributed by atoms with E-state index < -0.39 is 5.97 Å². The molecular weight excluding hydrogens is 168 g/mol. The molecule has 0 radical (unpaired) electrons. The normalized spacial score (nSPS) is 23.6. The Hall–Kier alpha value is -0.610. The van der Waals surface area contributed by atoms with Crippen molar-refractivity contribution in [3.05, 3.63) is 0 Å². The molecule has 0 spiro atoms. The van der Waals surface area contributed by atoms with E-state index in [-0.39, 0.29) is 0 Å². The number of hydrogen-bond acceptors (Lipinski definition) is 3. The summed E-state index contributed by atoms with van der Waals surface area (Å²) in [7, 11) is 0. The monoisotopic (exact) mass is 186 g/mol. The van der Waals surface area contributed by atoms with Crippen LogP contribution in [0.3, 0.4) is 0 Å². The number of carboxylic acids is 1. The van der Waals surface area contributed by atoms with Crippen molar-refractivity contribution >= 4 is 5.97 Å². The topological polar surface area (TPSA) is 66.6 Å². The zero-order chi connectivity index (χ0) is 9.68. The average molecular weight is 186 g/mol. The fourth-order valence-electron chi connectivity index (χ4n) is 1.68. The van der Waals surface area contributed by atoms with Crippen molar-refractivity contribution in [2.24, 2.45) is 5.73 Å². The molecule has 0 bridgehead atoms. The zero-order valence-corrected chi connectivity index (χ0v) is 7.91. The fourth-order valence-corrected chi connectivity index (χ4v) is 1.68. The first-order valence-electron chi connectivity index (χ1n) is 4.88. The van der Waals surface area contributed by atoms with Crippen molar-refractivity contribution in [3.8, 4) is 0 Å². The molecule has 0 aromatic heterocycles. The Kier molecular flexibility index (Phi) is 4.18. The smallest absolute Gasteiger partial charge is 0.303 e. The summed E-state index contributed by atoms with van der Waals surface area (Å²) in [6, 6.07) is 0.333. The lowest BCUT2D eigenvalue weighted by Gasteiger charge is -2.13. The van der Waals surface area contributed by atoms with Crippen molar-refractivity contribution in [3.63, 3.8) is 0 Å². The number of unbranched alkanes of at least 4 members (excludes halogenated alkanes) is 1. The minimum atomic E-state index is -0.696. The van der Waals surface area contributed by atoms with Crippen LogP contribution >= 0.6 is 0 Å². The summed E-state index contributed by atoms with van der Waals surface area (Å²) in [6.07, 6.45) is 3.12. The molecular formula is C9H18N2O2. The third-order valence-electron chi connectivity index (χ3n) is 2.42. The Balaban J connectivity index is 1.97. The van der Waals surface area contributed by atoms with Crippen LogP contribution in [0, 0.1) is 0 Å². The molecule has 4 nitrogen and oxygen atoms in total. The van der Waals surface area contributed by atoms with Gasteiger partial charge in [-0.2, -0.15) is 0 Å². The molecule has 13 heavy (non-hydrogen) atoms. The third kappa shape index (κ3) is 4.24. The van der Waals surface area contributed by atoms with Gasteiger partial charge in [-0.05, 0) is 32.4 Å². The van der Waals surface area contributed by atoms with E-state index in [0.29, 0.717) is 12.5 Å². The van der Waals surface area contributed by atoms with E-state index in [2.05, 4.69) is 4.90 Å². The summed E-state index contributed by atoms with van der Waals surface area (Å²) in [5, 5.41) is 8.41. The van der Waals surface area contributed by atoms with Crippen molar-refractivity contribution in [2.75, 3.05) is 19.6 Å². The Labute approximate surface area is 78.7 Å². The maximum Gasteiger partial charge on any atom is 0.303 e. The largest absolute Gasteiger partial charge is 0.481 e. The maximum absolute atomic E-state index is 10.2. The molecule has 4 heteroatoms. The van der Waals surface area contributed by atoms with Crippen LogP contribution in [0.25, 0.3) is 0 Å². The van der Waals surface area contributed by atoms with Gasteiger partial charge in [0.15, 0.2) is 0 Å². The Morgan fingerprint density at radius 2 is 2.31 bits per heavy atom. The molecule has 1 fully saturated rings. The Bertz CT molecular complexity index is 173. The van der Waals surface area contributed by atoms with E-state index in [1.807, 2.05) is 0 Å². The molecule has 1 aliphatic heterocycles. The van der Waals surface area contributed by atoms with E-state index in [0.717, 1.165) is 38.9 Å². The molecule has 0 amide bonds. The number of nitrogens with two attached hydrogens (primary N) is 1. The van der Waals surface area contributed by atoms with Crippen LogP contribution in [0.5, 0.6) is 0 Å².